The summed E-state index contributed by atoms with van der Waals surface area (Å²) in [4.78, 5) is 19.6. The normalized spacial score (nSPS) is 16.9. The molecular formula is C20H25N3O3. The summed E-state index contributed by atoms with van der Waals surface area (Å²) in [5, 5.41) is 0. The molecule has 2 aliphatic rings. The van der Waals surface area contributed by atoms with E-state index in [1.54, 1.807) is 0 Å². The molecule has 1 aliphatic carbocycles. The number of aromatic nitrogens is 1. The SMILES string of the molecule is Cc1ccc(OCCN)c(C(=O)N2CCc3oc(C4CCC4)nc3C2)c1. The Labute approximate surface area is 153 Å². The van der Waals surface area contributed by atoms with Gasteiger partial charge in [0.1, 0.15) is 23.8 Å². The second kappa shape index (κ2) is 7.11. The van der Waals surface area contributed by atoms with E-state index >= 15 is 0 Å². The number of amides is 1. The maximum atomic E-state index is 13.1. The van der Waals surface area contributed by atoms with Crippen LogP contribution in [0.5, 0.6) is 5.75 Å². The molecule has 2 N–H and O–H groups in total. The van der Waals surface area contributed by atoms with Crippen LogP contribution in [0.4, 0.5) is 0 Å². The first-order chi connectivity index (χ1) is 12.7. The number of hydrogen-bond acceptors (Lipinski definition) is 5. The van der Waals surface area contributed by atoms with Gasteiger partial charge < -0.3 is 19.8 Å². The molecule has 1 saturated carbocycles. The summed E-state index contributed by atoms with van der Waals surface area (Å²) in [6, 6.07) is 5.67. The molecule has 0 saturated heterocycles. The highest BCUT2D eigenvalue weighted by molar-refractivity contribution is 5.97. The predicted molar refractivity (Wildman–Crippen MR) is 97.3 cm³/mol. The van der Waals surface area contributed by atoms with Gasteiger partial charge in [0, 0.05) is 25.4 Å². The van der Waals surface area contributed by atoms with Gasteiger partial charge in [-0.3, -0.25) is 4.79 Å². The summed E-state index contributed by atoms with van der Waals surface area (Å²) in [5.41, 5.74) is 8.05. The number of nitrogens with two attached hydrogens (primary N) is 1. The van der Waals surface area contributed by atoms with Crippen molar-refractivity contribution in [2.45, 2.75) is 45.1 Å². The Kier molecular flexibility index (Phi) is 4.68. The van der Waals surface area contributed by atoms with E-state index < -0.39 is 0 Å². The van der Waals surface area contributed by atoms with E-state index in [9.17, 15) is 4.79 Å². The molecule has 2 aromatic rings. The Bertz CT molecular complexity index is 811. The lowest BCUT2D eigenvalue weighted by Gasteiger charge is -2.26. The molecule has 0 radical (unpaired) electrons. The van der Waals surface area contributed by atoms with Gasteiger partial charge in [-0.1, -0.05) is 18.1 Å². The number of rotatable bonds is 5. The molecule has 0 bridgehead atoms. The van der Waals surface area contributed by atoms with Crippen molar-refractivity contribution < 1.29 is 13.9 Å². The highest BCUT2D eigenvalue weighted by Gasteiger charge is 2.31. The van der Waals surface area contributed by atoms with Gasteiger partial charge in [0.25, 0.3) is 5.91 Å². The van der Waals surface area contributed by atoms with Crippen LogP contribution in [0, 0.1) is 6.92 Å². The molecule has 1 aromatic heterocycles. The maximum absolute atomic E-state index is 13.1. The first kappa shape index (κ1) is 17.1. The van der Waals surface area contributed by atoms with Crippen LogP contribution in [0.3, 0.4) is 0 Å². The van der Waals surface area contributed by atoms with Gasteiger partial charge in [0.05, 0.1) is 12.1 Å². The van der Waals surface area contributed by atoms with Crippen molar-refractivity contribution in [2.24, 2.45) is 5.73 Å². The first-order valence-corrected chi connectivity index (χ1v) is 9.37. The van der Waals surface area contributed by atoms with Gasteiger partial charge in [-0.2, -0.15) is 0 Å². The zero-order chi connectivity index (χ0) is 18.1. The Morgan fingerprint density at radius 1 is 1.42 bits per heavy atom. The van der Waals surface area contributed by atoms with Crippen LogP contribution < -0.4 is 10.5 Å². The summed E-state index contributed by atoms with van der Waals surface area (Å²) in [6.07, 6.45) is 4.28. The molecule has 1 aliphatic heterocycles. The number of nitrogens with zero attached hydrogens (tertiary/aromatic N) is 2. The minimum atomic E-state index is -0.0282. The van der Waals surface area contributed by atoms with Crippen molar-refractivity contribution in [1.29, 1.82) is 0 Å². The van der Waals surface area contributed by atoms with Crippen LogP contribution in [0.15, 0.2) is 22.6 Å². The summed E-state index contributed by atoms with van der Waals surface area (Å²) < 4.78 is 11.6. The average Bonchev–Trinajstić information content (AvgIpc) is 3.00. The van der Waals surface area contributed by atoms with Crippen LogP contribution in [-0.4, -0.2) is 35.5 Å². The molecule has 0 unspecified atom stereocenters. The van der Waals surface area contributed by atoms with Crippen LogP contribution in [0.1, 0.15) is 58.4 Å². The summed E-state index contributed by atoms with van der Waals surface area (Å²) in [7, 11) is 0. The summed E-state index contributed by atoms with van der Waals surface area (Å²) in [6.45, 7) is 3.91. The van der Waals surface area contributed by atoms with E-state index in [1.165, 1.54) is 6.42 Å². The number of fused-ring (bicyclic) bond motifs is 1. The van der Waals surface area contributed by atoms with E-state index in [0.29, 0.717) is 49.9 Å². The lowest BCUT2D eigenvalue weighted by atomic mass is 9.85. The van der Waals surface area contributed by atoms with Crippen molar-refractivity contribution in [1.82, 2.24) is 9.88 Å². The quantitative estimate of drug-likeness (QED) is 0.892. The summed E-state index contributed by atoms with van der Waals surface area (Å²) >= 11 is 0. The topological polar surface area (TPSA) is 81.6 Å². The lowest BCUT2D eigenvalue weighted by Crippen LogP contribution is -2.36. The van der Waals surface area contributed by atoms with Crippen LogP contribution in [0.25, 0.3) is 0 Å². The van der Waals surface area contributed by atoms with E-state index in [4.69, 9.17) is 14.9 Å². The third-order valence-corrected chi connectivity index (χ3v) is 5.23. The zero-order valence-electron chi connectivity index (χ0n) is 15.2. The Morgan fingerprint density at radius 2 is 2.27 bits per heavy atom. The Morgan fingerprint density at radius 3 is 3.00 bits per heavy atom. The number of hydrogen-bond donors (Lipinski definition) is 1. The van der Waals surface area contributed by atoms with Gasteiger partial charge in [0.15, 0.2) is 5.89 Å². The van der Waals surface area contributed by atoms with Gasteiger partial charge in [0.2, 0.25) is 0 Å². The third-order valence-electron chi connectivity index (χ3n) is 5.23. The third kappa shape index (κ3) is 3.21. The van der Waals surface area contributed by atoms with Crippen molar-refractivity contribution in [3.63, 3.8) is 0 Å². The monoisotopic (exact) mass is 355 g/mol. The molecular weight excluding hydrogens is 330 g/mol. The smallest absolute Gasteiger partial charge is 0.257 e. The average molecular weight is 355 g/mol. The fourth-order valence-electron chi connectivity index (χ4n) is 3.50. The van der Waals surface area contributed by atoms with Crippen LogP contribution >= 0.6 is 0 Å². The van der Waals surface area contributed by atoms with Crippen LogP contribution in [-0.2, 0) is 13.0 Å². The first-order valence-electron chi connectivity index (χ1n) is 9.37. The fourth-order valence-corrected chi connectivity index (χ4v) is 3.50. The molecule has 0 atom stereocenters. The van der Waals surface area contributed by atoms with Gasteiger partial charge in [-0.15, -0.1) is 0 Å². The largest absolute Gasteiger partial charge is 0.491 e. The molecule has 4 rings (SSSR count). The number of oxazole rings is 1. The van der Waals surface area contributed by atoms with E-state index in [-0.39, 0.29) is 5.91 Å². The standard InChI is InChI=1S/C20H25N3O3/c1-13-5-6-17(25-10-8-21)15(11-13)20(24)23-9-7-18-16(12-23)22-19(26-18)14-3-2-4-14/h5-6,11,14H,2-4,7-10,12,21H2,1H3. The van der Waals surface area contributed by atoms with Crippen molar-refractivity contribution in [3.8, 4) is 5.75 Å². The number of carbonyl (C=O) groups excluding carboxylic acids is 1. The second-order valence-corrected chi connectivity index (χ2v) is 7.16. The maximum Gasteiger partial charge on any atom is 0.257 e. The highest BCUT2D eigenvalue weighted by Crippen LogP contribution is 2.37. The number of aryl methyl sites for hydroxylation is 1. The van der Waals surface area contributed by atoms with Crippen LogP contribution in [0.2, 0.25) is 0 Å². The predicted octanol–water partition coefficient (Wildman–Crippen LogP) is 2.79. The Balaban J connectivity index is 1.54. The molecule has 6 nitrogen and oxygen atoms in total. The molecule has 0 spiro atoms. The number of ether oxygens (including phenoxy) is 1. The summed E-state index contributed by atoms with van der Waals surface area (Å²) in [5.74, 6) is 2.84. The number of benzene rings is 1. The molecule has 2 heterocycles. The number of carbonyl (C=O) groups is 1. The van der Waals surface area contributed by atoms with Gasteiger partial charge in [-0.05, 0) is 31.9 Å². The zero-order valence-corrected chi connectivity index (χ0v) is 15.2. The van der Waals surface area contributed by atoms with Gasteiger partial charge >= 0.3 is 0 Å². The van der Waals surface area contributed by atoms with Crippen molar-refractivity contribution in [2.75, 3.05) is 19.7 Å². The van der Waals surface area contributed by atoms with Crippen molar-refractivity contribution >= 4 is 5.91 Å². The van der Waals surface area contributed by atoms with E-state index in [2.05, 4.69) is 4.98 Å². The molecule has 6 heteroatoms. The fraction of sp³-hybridized carbons (Fsp3) is 0.500. The molecule has 1 amide bonds. The minimum Gasteiger partial charge on any atom is -0.491 e. The molecule has 1 fully saturated rings. The van der Waals surface area contributed by atoms with E-state index in [1.807, 2.05) is 30.0 Å². The van der Waals surface area contributed by atoms with Crippen molar-refractivity contribution in [3.05, 3.63) is 46.7 Å². The Hall–Kier alpha value is -2.34. The second-order valence-electron chi connectivity index (χ2n) is 7.16. The molecule has 138 valence electrons. The molecule has 1 aromatic carbocycles. The lowest BCUT2D eigenvalue weighted by molar-refractivity contribution is 0.0723. The molecule has 26 heavy (non-hydrogen) atoms. The minimum absolute atomic E-state index is 0.0282. The van der Waals surface area contributed by atoms with E-state index in [0.717, 1.165) is 35.7 Å². The van der Waals surface area contributed by atoms with Gasteiger partial charge in [-0.25, -0.2) is 4.98 Å². The highest BCUT2D eigenvalue weighted by atomic mass is 16.5.